The van der Waals surface area contributed by atoms with Gasteiger partial charge in [0, 0.05) is 6.07 Å². The number of ether oxygens (including phenoxy) is 1. The molecule has 2 aromatic carbocycles. The SMILES string of the molecule is COc1ccc(-c2cc(Cl)c3ccccc3[o+]2)cc1. The second-order valence-corrected chi connectivity index (χ2v) is 4.59. The van der Waals surface area contributed by atoms with E-state index in [1.165, 1.54) is 0 Å². The fourth-order valence-corrected chi connectivity index (χ4v) is 2.25. The molecular formula is C16H12ClO2+. The molecule has 0 unspecified atom stereocenters. The summed E-state index contributed by atoms with van der Waals surface area (Å²) in [6.45, 7) is 0. The van der Waals surface area contributed by atoms with Gasteiger partial charge >= 0.3 is 11.3 Å². The summed E-state index contributed by atoms with van der Waals surface area (Å²) < 4.78 is 11.0. The first-order valence-corrected chi connectivity index (χ1v) is 6.31. The summed E-state index contributed by atoms with van der Waals surface area (Å²) in [5, 5.41) is 1.61. The Kier molecular flexibility index (Phi) is 3.10. The number of methoxy groups -OCH3 is 1. The lowest BCUT2D eigenvalue weighted by Gasteiger charge is -1.99. The van der Waals surface area contributed by atoms with E-state index in [-0.39, 0.29) is 0 Å². The maximum atomic E-state index is 6.29. The zero-order valence-electron chi connectivity index (χ0n) is 10.4. The summed E-state index contributed by atoms with van der Waals surface area (Å²) in [6.07, 6.45) is 0. The van der Waals surface area contributed by atoms with Crippen molar-refractivity contribution in [1.29, 1.82) is 0 Å². The number of rotatable bonds is 2. The molecule has 0 aliphatic carbocycles. The van der Waals surface area contributed by atoms with Gasteiger partial charge in [-0.1, -0.05) is 23.7 Å². The molecule has 94 valence electrons. The first kappa shape index (κ1) is 12.0. The molecule has 3 aromatic rings. The zero-order valence-corrected chi connectivity index (χ0v) is 11.1. The van der Waals surface area contributed by atoms with Crippen molar-refractivity contribution in [1.82, 2.24) is 0 Å². The van der Waals surface area contributed by atoms with Crippen LogP contribution in [0.15, 0.2) is 59.0 Å². The Balaban J connectivity index is 2.14. The molecule has 3 heteroatoms. The average Bonchev–Trinajstić information content (AvgIpc) is 2.47. The van der Waals surface area contributed by atoms with Gasteiger partial charge in [-0.2, -0.15) is 0 Å². The predicted octanol–water partition coefficient (Wildman–Crippen LogP) is 5.04. The van der Waals surface area contributed by atoms with Crippen LogP contribution in [0.25, 0.3) is 22.3 Å². The topological polar surface area (TPSA) is 20.5 Å². The van der Waals surface area contributed by atoms with Gasteiger partial charge in [0.15, 0.2) is 0 Å². The van der Waals surface area contributed by atoms with Crippen LogP contribution in [0.3, 0.4) is 0 Å². The van der Waals surface area contributed by atoms with E-state index in [0.717, 1.165) is 28.0 Å². The molecule has 0 saturated carbocycles. The van der Waals surface area contributed by atoms with Crippen molar-refractivity contribution in [2.75, 3.05) is 7.11 Å². The lowest BCUT2D eigenvalue weighted by atomic mass is 10.1. The van der Waals surface area contributed by atoms with Crippen molar-refractivity contribution < 1.29 is 9.15 Å². The van der Waals surface area contributed by atoms with E-state index in [0.29, 0.717) is 5.02 Å². The first-order valence-electron chi connectivity index (χ1n) is 5.94. The highest BCUT2D eigenvalue weighted by Crippen LogP contribution is 2.31. The molecule has 0 saturated heterocycles. The summed E-state index contributed by atoms with van der Waals surface area (Å²) in [5.41, 5.74) is 1.74. The van der Waals surface area contributed by atoms with Crippen molar-refractivity contribution in [3.8, 4) is 17.1 Å². The molecule has 1 heterocycles. The van der Waals surface area contributed by atoms with Gasteiger partial charge < -0.3 is 4.74 Å². The number of hydrogen-bond acceptors (Lipinski definition) is 1. The van der Waals surface area contributed by atoms with Crippen LogP contribution in [-0.2, 0) is 0 Å². The van der Waals surface area contributed by atoms with E-state index in [9.17, 15) is 0 Å². The number of benzene rings is 2. The number of para-hydroxylation sites is 1. The van der Waals surface area contributed by atoms with Crippen LogP contribution in [0.1, 0.15) is 0 Å². The van der Waals surface area contributed by atoms with Gasteiger partial charge in [0.25, 0.3) is 0 Å². The van der Waals surface area contributed by atoms with Gasteiger partial charge in [-0.25, -0.2) is 4.42 Å². The molecule has 1 aromatic heterocycles. The van der Waals surface area contributed by atoms with Crippen LogP contribution in [-0.4, -0.2) is 7.11 Å². The number of hydrogen-bond donors (Lipinski definition) is 0. The number of halogens is 1. The molecule has 2 nitrogen and oxygen atoms in total. The van der Waals surface area contributed by atoms with Crippen molar-refractivity contribution in [3.05, 3.63) is 59.6 Å². The smallest absolute Gasteiger partial charge is 0.362 e. The van der Waals surface area contributed by atoms with Gasteiger partial charge in [-0.15, -0.1) is 0 Å². The van der Waals surface area contributed by atoms with E-state index in [1.54, 1.807) is 7.11 Å². The minimum Gasteiger partial charge on any atom is -0.497 e. The maximum absolute atomic E-state index is 6.29. The third kappa shape index (κ3) is 2.27. The average molecular weight is 272 g/mol. The van der Waals surface area contributed by atoms with Crippen molar-refractivity contribution in [3.63, 3.8) is 0 Å². The Labute approximate surface area is 116 Å². The Morgan fingerprint density at radius 2 is 1.74 bits per heavy atom. The van der Waals surface area contributed by atoms with E-state index in [4.69, 9.17) is 20.8 Å². The second-order valence-electron chi connectivity index (χ2n) is 4.18. The van der Waals surface area contributed by atoms with Crippen LogP contribution in [0.4, 0.5) is 0 Å². The lowest BCUT2D eigenvalue weighted by molar-refractivity contribution is 0.415. The van der Waals surface area contributed by atoms with E-state index in [2.05, 4.69) is 0 Å². The van der Waals surface area contributed by atoms with Gasteiger partial charge in [0.2, 0.25) is 0 Å². The molecule has 0 aliphatic heterocycles. The standard InChI is InChI=1S/C16H12ClO2/c1-18-12-8-6-11(7-9-12)16-10-14(17)13-4-2-3-5-15(13)19-16/h2-10H,1H3/q+1. The van der Waals surface area contributed by atoms with E-state index < -0.39 is 0 Å². The second kappa shape index (κ2) is 4.90. The fourth-order valence-electron chi connectivity index (χ4n) is 1.99. The highest BCUT2D eigenvalue weighted by Gasteiger charge is 2.17. The van der Waals surface area contributed by atoms with Crippen LogP contribution in [0, 0.1) is 0 Å². The van der Waals surface area contributed by atoms with E-state index >= 15 is 0 Å². The van der Waals surface area contributed by atoms with Crippen LogP contribution >= 0.6 is 11.6 Å². The largest absolute Gasteiger partial charge is 0.497 e. The summed E-state index contributed by atoms with van der Waals surface area (Å²) >= 11 is 6.29. The Hall–Kier alpha value is -2.06. The third-order valence-electron chi connectivity index (χ3n) is 3.00. The summed E-state index contributed by atoms with van der Waals surface area (Å²) in [7, 11) is 1.65. The molecule has 0 atom stereocenters. The Bertz CT molecular complexity index is 720. The minimum absolute atomic E-state index is 0.688. The van der Waals surface area contributed by atoms with Crippen LogP contribution in [0.2, 0.25) is 5.02 Å². The van der Waals surface area contributed by atoms with Crippen molar-refractivity contribution >= 4 is 22.6 Å². The zero-order chi connectivity index (χ0) is 13.2. The fraction of sp³-hybridized carbons (Fsp3) is 0.0625. The van der Waals surface area contributed by atoms with Crippen LogP contribution < -0.4 is 4.74 Å². The Morgan fingerprint density at radius 3 is 2.47 bits per heavy atom. The number of fused-ring (bicyclic) bond motifs is 1. The molecule has 0 aliphatic rings. The normalized spacial score (nSPS) is 10.6. The molecule has 3 rings (SSSR count). The first-order chi connectivity index (χ1) is 9.28. The monoisotopic (exact) mass is 271 g/mol. The molecule has 0 amide bonds. The van der Waals surface area contributed by atoms with E-state index in [1.807, 2.05) is 54.6 Å². The maximum Gasteiger partial charge on any atom is 0.362 e. The predicted molar refractivity (Wildman–Crippen MR) is 77.6 cm³/mol. The summed E-state index contributed by atoms with van der Waals surface area (Å²) in [6, 6.07) is 17.3. The molecule has 0 N–H and O–H groups in total. The molecule has 0 fully saturated rings. The lowest BCUT2D eigenvalue weighted by Crippen LogP contribution is -1.83. The molecular weight excluding hydrogens is 260 g/mol. The van der Waals surface area contributed by atoms with Crippen LogP contribution in [0.5, 0.6) is 5.75 Å². The minimum atomic E-state index is 0.688. The van der Waals surface area contributed by atoms with Gasteiger partial charge in [0.05, 0.1) is 29.1 Å². The van der Waals surface area contributed by atoms with Gasteiger partial charge in [-0.05, 0) is 30.3 Å². The van der Waals surface area contributed by atoms with Crippen molar-refractivity contribution in [2.45, 2.75) is 0 Å². The molecule has 19 heavy (non-hydrogen) atoms. The summed E-state index contributed by atoms with van der Waals surface area (Å²) in [5.74, 6) is 1.56. The van der Waals surface area contributed by atoms with Gasteiger partial charge in [-0.3, -0.25) is 0 Å². The quantitative estimate of drug-likeness (QED) is 0.609. The molecule has 0 radical (unpaired) electrons. The highest BCUT2D eigenvalue weighted by molar-refractivity contribution is 6.35. The highest BCUT2D eigenvalue weighted by atomic mass is 35.5. The Morgan fingerprint density at radius 1 is 1.00 bits per heavy atom. The van der Waals surface area contributed by atoms with Crippen molar-refractivity contribution in [2.24, 2.45) is 0 Å². The van der Waals surface area contributed by atoms with Gasteiger partial charge in [0.1, 0.15) is 5.75 Å². The molecule has 0 spiro atoms. The molecule has 0 bridgehead atoms. The summed E-state index contributed by atoms with van der Waals surface area (Å²) in [4.78, 5) is 0. The third-order valence-corrected chi connectivity index (χ3v) is 3.31.